The molecule has 0 bridgehead atoms. The first-order valence-electron chi connectivity index (χ1n) is 9.82. The summed E-state index contributed by atoms with van der Waals surface area (Å²) >= 11 is 0. The molecule has 150 valence electrons. The first-order chi connectivity index (χ1) is 13.9. The molecule has 1 heterocycles. The third-order valence-corrected chi connectivity index (χ3v) is 5.68. The van der Waals surface area contributed by atoms with Gasteiger partial charge in [-0.3, -0.25) is 9.69 Å². The number of hydrogen-bond donors (Lipinski definition) is 0. The van der Waals surface area contributed by atoms with Crippen LogP contribution in [-0.4, -0.2) is 23.8 Å². The fourth-order valence-corrected chi connectivity index (χ4v) is 4.01. The summed E-state index contributed by atoms with van der Waals surface area (Å²) in [6.45, 7) is 2.46. The summed E-state index contributed by atoms with van der Waals surface area (Å²) in [6.07, 6.45) is -2.92. The molecule has 1 aliphatic rings. The number of fused-ring (bicyclic) bond motifs is 1. The van der Waals surface area contributed by atoms with Crippen LogP contribution >= 0.6 is 0 Å². The topological polar surface area (TPSA) is 20.3 Å². The molecule has 4 rings (SSSR count). The molecule has 0 spiro atoms. The van der Waals surface area contributed by atoms with E-state index in [4.69, 9.17) is 0 Å². The summed E-state index contributed by atoms with van der Waals surface area (Å²) < 4.78 is 38.1. The maximum absolute atomic E-state index is 12.7. The van der Waals surface area contributed by atoms with E-state index < -0.39 is 11.7 Å². The Labute approximate surface area is 168 Å². The van der Waals surface area contributed by atoms with E-state index in [9.17, 15) is 18.0 Å². The molecule has 1 fully saturated rings. The molecule has 0 saturated carbocycles. The molecule has 0 aliphatic carbocycles. The van der Waals surface area contributed by atoms with Crippen LogP contribution in [0, 0.1) is 5.92 Å². The van der Waals surface area contributed by atoms with Crippen LogP contribution in [0.25, 0.3) is 10.8 Å². The second kappa shape index (κ2) is 7.99. The number of hydrogen-bond acceptors (Lipinski definition) is 2. The summed E-state index contributed by atoms with van der Waals surface area (Å²) in [6, 6.07) is 19.3. The molecule has 0 aromatic heterocycles. The number of rotatable bonds is 4. The van der Waals surface area contributed by atoms with Crippen molar-refractivity contribution in [3.8, 4) is 0 Å². The second-order valence-corrected chi connectivity index (χ2v) is 7.67. The lowest BCUT2D eigenvalue weighted by Gasteiger charge is -2.31. The van der Waals surface area contributed by atoms with Gasteiger partial charge in [-0.25, -0.2) is 0 Å². The molecule has 5 heteroatoms. The number of likely N-dealkylation sites (tertiary alicyclic amines) is 1. The van der Waals surface area contributed by atoms with Crippen LogP contribution < -0.4 is 0 Å². The molecule has 0 atom stereocenters. The van der Waals surface area contributed by atoms with Crippen molar-refractivity contribution in [2.24, 2.45) is 5.92 Å². The Hall–Kier alpha value is -2.66. The zero-order valence-electron chi connectivity index (χ0n) is 16.0. The maximum atomic E-state index is 12.7. The number of benzene rings is 3. The molecule has 0 unspecified atom stereocenters. The van der Waals surface area contributed by atoms with Crippen molar-refractivity contribution < 1.29 is 18.0 Å². The Morgan fingerprint density at radius 3 is 2.21 bits per heavy atom. The number of nitrogens with zero attached hydrogens (tertiary/aromatic N) is 1. The number of piperidine rings is 1. The van der Waals surface area contributed by atoms with Crippen LogP contribution in [0.1, 0.15) is 34.3 Å². The van der Waals surface area contributed by atoms with Crippen LogP contribution in [0.2, 0.25) is 0 Å². The first kappa shape index (κ1) is 19.6. The zero-order chi connectivity index (χ0) is 20.4. The highest BCUT2D eigenvalue weighted by Crippen LogP contribution is 2.30. The van der Waals surface area contributed by atoms with Crippen LogP contribution in [0.15, 0.2) is 66.7 Å². The lowest BCUT2D eigenvalue weighted by atomic mass is 9.88. The van der Waals surface area contributed by atoms with Gasteiger partial charge in [0, 0.05) is 18.0 Å². The van der Waals surface area contributed by atoms with Crippen molar-refractivity contribution >= 4 is 16.6 Å². The molecule has 1 saturated heterocycles. The highest BCUT2D eigenvalue weighted by atomic mass is 19.4. The third kappa shape index (κ3) is 4.51. The van der Waals surface area contributed by atoms with Crippen LogP contribution in [-0.2, 0) is 12.7 Å². The lowest BCUT2D eigenvalue weighted by molar-refractivity contribution is -0.137. The molecule has 29 heavy (non-hydrogen) atoms. The van der Waals surface area contributed by atoms with Gasteiger partial charge in [0.05, 0.1) is 5.56 Å². The van der Waals surface area contributed by atoms with E-state index in [0.717, 1.165) is 44.6 Å². The Balaban J connectivity index is 1.35. The minimum atomic E-state index is -4.38. The summed E-state index contributed by atoms with van der Waals surface area (Å²) in [7, 11) is 0. The molecule has 2 nitrogen and oxygen atoms in total. The molecule has 3 aromatic carbocycles. The van der Waals surface area contributed by atoms with Gasteiger partial charge < -0.3 is 0 Å². The standard InChI is InChI=1S/C24H22F3NO/c25-24(26,27)22-9-7-19(8-10-22)23(29)20-11-13-28(14-12-20)16-17-5-6-18-3-1-2-4-21(18)15-17/h1-10,15,20H,11-14,16H2. The van der Waals surface area contributed by atoms with Gasteiger partial charge in [0.15, 0.2) is 5.78 Å². The lowest BCUT2D eigenvalue weighted by Crippen LogP contribution is -2.36. The molecule has 0 amide bonds. The summed E-state index contributed by atoms with van der Waals surface area (Å²) in [5.74, 6) is -0.177. The number of carbonyl (C=O) groups excluding carboxylic acids is 1. The molecular weight excluding hydrogens is 375 g/mol. The SMILES string of the molecule is O=C(c1ccc(C(F)(F)F)cc1)C1CCN(Cc2ccc3ccccc3c2)CC1. The summed E-state index contributed by atoms with van der Waals surface area (Å²) in [5.41, 5.74) is 0.890. The smallest absolute Gasteiger partial charge is 0.299 e. The van der Waals surface area contributed by atoms with Gasteiger partial charge in [-0.15, -0.1) is 0 Å². The molecule has 1 aliphatic heterocycles. The summed E-state index contributed by atoms with van der Waals surface area (Å²) in [4.78, 5) is 15.0. The molecule has 0 radical (unpaired) electrons. The van der Waals surface area contributed by atoms with Crippen molar-refractivity contribution in [3.05, 3.63) is 83.4 Å². The van der Waals surface area contributed by atoms with Gasteiger partial charge in [0.25, 0.3) is 0 Å². The van der Waals surface area contributed by atoms with E-state index >= 15 is 0 Å². The van der Waals surface area contributed by atoms with Gasteiger partial charge in [0.1, 0.15) is 0 Å². The minimum absolute atomic E-state index is 0.0518. The van der Waals surface area contributed by atoms with Crippen LogP contribution in [0.3, 0.4) is 0 Å². The zero-order valence-corrected chi connectivity index (χ0v) is 16.0. The van der Waals surface area contributed by atoms with E-state index in [2.05, 4.69) is 35.2 Å². The number of halogens is 3. The van der Waals surface area contributed by atoms with E-state index in [1.165, 1.54) is 28.5 Å². The van der Waals surface area contributed by atoms with Gasteiger partial charge in [-0.2, -0.15) is 13.2 Å². The fraction of sp³-hybridized carbons (Fsp3) is 0.292. The molecule has 0 N–H and O–H groups in total. The first-order valence-corrected chi connectivity index (χ1v) is 9.82. The second-order valence-electron chi connectivity index (χ2n) is 7.67. The molecular formula is C24H22F3NO. The number of ketones is 1. The van der Waals surface area contributed by atoms with Crippen molar-refractivity contribution in [1.29, 1.82) is 0 Å². The third-order valence-electron chi connectivity index (χ3n) is 5.68. The van der Waals surface area contributed by atoms with Crippen molar-refractivity contribution in [2.75, 3.05) is 13.1 Å². The normalized spacial score (nSPS) is 16.2. The Kier molecular flexibility index (Phi) is 5.41. The average molecular weight is 397 g/mol. The highest BCUT2D eigenvalue weighted by molar-refractivity contribution is 5.98. The number of alkyl halides is 3. The largest absolute Gasteiger partial charge is 0.416 e. The van der Waals surface area contributed by atoms with Crippen LogP contribution in [0.5, 0.6) is 0 Å². The van der Waals surface area contributed by atoms with Crippen LogP contribution in [0.4, 0.5) is 13.2 Å². The van der Waals surface area contributed by atoms with E-state index in [1.54, 1.807) is 0 Å². The maximum Gasteiger partial charge on any atom is 0.416 e. The molecule has 3 aromatic rings. The van der Waals surface area contributed by atoms with Gasteiger partial charge in [-0.05, 0) is 60.5 Å². The van der Waals surface area contributed by atoms with Crippen molar-refractivity contribution in [1.82, 2.24) is 4.90 Å². The number of carbonyl (C=O) groups is 1. The quantitative estimate of drug-likeness (QED) is 0.507. The van der Waals surface area contributed by atoms with E-state index in [0.29, 0.717) is 5.56 Å². The fourth-order valence-electron chi connectivity index (χ4n) is 4.01. The van der Waals surface area contributed by atoms with Gasteiger partial charge in [0.2, 0.25) is 0 Å². The van der Waals surface area contributed by atoms with Gasteiger partial charge in [-0.1, -0.05) is 48.5 Å². The van der Waals surface area contributed by atoms with E-state index in [-0.39, 0.29) is 11.7 Å². The monoisotopic (exact) mass is 397 g/mol. The Bertz CT molecular complexity index is 1000. The van der Waals surface area contributed by atoms with Gasteiger partial charge >= 0.3 is 6.18 Å². The predicted octanol–water partition coefficient (Wildman–Crippen LogP) is 5.95. The minimum Gasteiger partial charge on any atom is -0.299 e. The average Bonchev–Trinajstić information content (AvgIpc) is 2.73. The number of Topliss-reactive ketones (excluding diaryl/α,β-unsaturated/α-hetero) is 1. The summed E-state index contributed by atoms with van der Waals surface area (Å²) in [5, 5.41) is 2.44. The Morgan fingerprint density at radius 2 is 1.55 bits per heavy atom. The predicted molar refractivity (Wildman–Crippen MR) is 108 cm³/mol. The Morgan fingerprint density at radius 1 is 0.897 bits per heavy atom. The van der Waals surface area contributed by atoms with E-state index in [1.807, 2.05) is 12.1 Å². The van der Waals surface area contributed by atoms with Crippen molar-refractivity contribution in [2.45, 2.75) is 25.6 Å². The highest BCUT2D eigenvalue weighted by Gasteiger charge is 2.31. The van der Waals surface area contributed by atoms with Crippen molar-refractivity contribution in [3.63, 3.8) is 0 Å².